The number of benzene rings is 2. The van der Waals surface area contributed by atoms with Crippen LogP contribution in [0.15, 0.2) is 48.5 Å². The molecule has 2 aromatic carbocycles. The highest BCUT2D eigenvalue weighted by Gasteiger charge is 2.28. The molecule has 0 bridgehead atoms. The number of aromatic nitrogens is 2. The molecule has 1 unspecified atom stereocenters. The quantitative estimate of drug-likeness (QED) is 0.613. The third-order valence-corrected chi connectivity index (χ3v) is 5.02. The molecule has 30 heavy (non-hydrogen) atoms. The Morgan fingerprint density at radius 1 is 0.967 bits per heavy atom. The Labute approximate surface area is 175 Å². The van der Waals surface area contributed by atoms with Crippen molar-refractivity contribution in [2.24, 2.45) is 5.92 Å². The molecule has 1 atom stereocenters. The summed E-state index contributed by atoms with van der Waals surface area (Å²) in [6, 6.07) is 15.1. The molecule has 3 aromatic rings. The van der Waals surface area contributed by atoms with Crippen LogP contribution in [0.25, 0.3) is 0 Å². The highest BCUT2D eigenvalue weighted by atomic mass is 16.5. The molecule has 0 fully saturated rings. The maximum Gasteiger partial charge on any atom is 0.229 e. The van der Waals surface area contributed by atoms with Crippen LogP contribution in [0, 0.1) is 5.92 Å². The summed E-state index contributed by atoms with van der Waals surface area (Å²) < 4.78 is 10.7. The lowest BCUT2D eigenvalue weighted by Gasteiger charge is -2.23. The standard InChI is InChI=1S/C23H24N4O3/c1-14-11-18-21(19(28)12-14)22(24-15-7-6-8-16(13-15)29-2)27-23(26-18)25-17-9-4-5-10-20(17)30-3/h4-10,13-14H,11-12H2,1-3H3,(H2,24,25,26,27). The Hall–Kier alpha value is -3.61. The van der Waals surface area contributed by atoms with Crippen LogP contribution in [0.2, 0.25) is 0 Å². The number of rotatable bonds is 6. The van der Waals surface area contributed by atoms with E-state index in [-0.39, 0.29) is 11.7 Å². The summed E-state index contributed by atoms with van der Waals surface area (Å²) in [5, 5.41) is 6.51. The van der Waals surface area contributed by atoms with Crippen molar-refractivity contribution < 1.29 is 14.3 Å². The zero-order chi connectivity index (χ0) is 21.1. The number of ketones is 1. The molecule has 1 aliphatic rings. The number of fused-ring (bicyclic) bond motifs is 1. The third-order valence-electron chi connectivity index (χ3n) is 5.02. The number of methoxy groups -OCH3 is 2. The number of anilines is 4. The lowest BCUT2D eigenvalue weighted by molar-refractivity contribution is 0.0953. The molecule has 4 rings (SSSR count). The summed E-state index contributed by atoms with van der Waals surface area (Å²) in [7, 11) is 3.23. The van der Waals surface area contributed by atoms with Crippen molar-refractivity contribution in [2.45, 2.75) is 19.8 Å². The smallest absolute Gasteiger partial charge is 0.229 e. The van der Waals surface area contributed by atoms with Crippen LogP contribution in [-0.4, -0.2) is 30.0 Å². The lowest BCUT2D eigenvalue weighted by Crippen LogP contribution is -2.22. The van der Waals surface area contributed by atoms with Crippen molar-refractivity contribution in [3.8, 4) is 11.5 Å². The molecular weight excluding hydrogens is 380 g/mol. The fourth-order valence-corrected chi connectivity index (χ4v) is 3.62. The molecule has 0 radical (unpaired) electrons. The van der Waals surface area contributed by atoms with Crippen molar-refractivity contribution >= 4 is 28.9 Å². The van der Waals surface area contributed by atoms with Gasteiger partial charge in [-0.2, -0.15) is 4.98 Å². The van der Waals surface area contributed by atoms with E-state index in [0.717, 1.165) is 29.2 Å². The van der Waals surface area contributed by atoms with E-state index in [4.69, 9.17) is 9.47 Å². The highest BCUT2D eigenvalue weighted by molar-refractivity contribution is 6.03. The summed E-state index contributed by atoms with van der Waals surface area (Å²) in [6.45, 7) is 2.06. The van der Waals surface area contributed by atoms with Crippen LogP contribution in [-0.2, 0) is 6.42 Å². The Balaban J connectivity index is 1.76. The molecule has 7 nitrogen and oxygen atoms in total. The van der Waals surface area contributed by atoms with Gasteiger partial charge >= 0.3 is 0 Å². The van der Waals surface area contributed by atoms with Crippen LogP contribution in [0.3, 0.4) is 0 Å². The van der Waals surface area contributed by atoms with Crippen LogP contribution < -0.4 is 20.1 Å². The summed E-state index contributed by atoms with van der Waals surface area (Å²) in [5.41, 5.74) is 2.84. The lowest BCUT2D eigenvalue weighted by atomic mass is 9.87. The molecule has 0 amide bonds. The van der Waals surface area contributed by atoms with E-state index < -0.39 is 0 Å². The second-order valence-electron chi connectivity index (χ2n) is 7.34. The van der Waals surface area contributed by atoms with Crippen molar-refractivity contribution in [3.63, 3.8) is 0 Å². The normalized spacial score (nSPS) is 15.3. The first-order valence-corrected chi connectivity index (χ1v) is 9.82. The minimum atomic E-state index is 0.0537. The third kappa shape index (κ3) is 4.05. The van der Waals surface area contributed by atoms with Gasteiger partial charge in [-0.3, -0.25) is 4.79 Å². The second-order valence-corrected chi connectivity index (χ2v) is 7.34. The van der Waals surface area contributed by atoms with Gasteiger partial charge < -0.3 is 20.1 Å². The number of ether oxygens (including phenoxy) is 2. The number of nitrogens with zero attached hydrogens (tertiary/aromatic N) is 2. The minimum Gasteiger partial charge on any atom is -0.497 e. The van der Waals surface area contributed by atoms with Crippen molar-refractivity contribution in [1.29, 1.82) is 0 Å². The first-order valence-electron chi connectivity index (χ1n) is 9.82. The van der Waals surface area contributed by atoms with Gasteiger partial charge in [0.2, 0.25) is 5.95 Å². The summed E-state index contributed by atoms with van der Waals surface area (Å²) >= 11 is 0. The highest BCUT2D eigenvalue weighted by Crippen LogP contribution is 2.33. The Kier molecular flexibility index (Phi) is 5.52. The average Bonchev–Trinajstić information content (AvgIpc) is 2.73. The van der Waals surface area contributed by atoms with E-state index in [1.54, 1.807) is 14.2 Å². The fraction of sp³-hybridized carbons (Fsp3) is 0.261. The molecule has 154 valence electrons. The summed E-state index contributed by atoms with van der Waals surface area (Å²) in [4.78, 5) is 22.1. The van der Waals surface area contributed by atoms with E-state index in [0.29, 0.717) is 29.5 Å². The number of hydrogen-bond acceptors (Lipinski definition) is 7. The molecule has 1 aliphatic carbocycles. The number of carbonyl (C=O) groups excluding carboxylic acids is 1. The fourth-order valence-electron chi connectivity index (χ4n) is 3.62. The van der Waals surface area contributed by atoms with Crippen molar-refractivity contribution in [2.75, 3.05) is 24.9 Å². The Bertz CT molecular complexity index is 1080. The number of carbonyl (C=O) groups is 1. The SMILES string of the molecule is COc1cccc(Nc2nc(Nc3ccccc3OC)nc3c2C(=O)CC(C)C3)c1. The van der Waals surface area contributed by atoms with Crippen LogP contribution >= 0.6 is 0 Å². The topological polar surface area (TPSA) is 85.4 Å². The van der Waals surface area contributed by atoms with E-state index in [1.165, 1.54) is 0 Å². The van der Waals surface area contributed by atoms with Gasteiger partial charge in [-0.05, 0) is 36.6 Å². The molecular formula is C23H24N4O3. The van der Waals surface area contributed by atoms with Gasteiger partial charge in [0.1, 0.15) is 17.3 Å². The van der Waals surface area contributed by atoms with Gasteiger partial charge in [-0.25, -0.2) is 4.98 Å². The number of hydrogen-bond donors (Lipinski definition) is 2. The zero-order valence-corrected chi connectivity index (χ0v) is 17.2. The Morgan fingerprint density at radius 3 is 2.60 bits per heavy atom. The molecule has 1 heterocycles. The molecule has 2 N–H and O–H groups in total. The predicted octanol–water partition coefficient (Wildman–Crippen LogP) is 4.75. The Morgan fingerprint density at radius 2 is 1.80 bits per heavy atom. The minimum absolute atomic E-state index is 0.0537. The van der Waals surface area contributed by atoms with E-state index in [1.807, 2.05) is 48.5 Å². The van der Waals surface area contributed by atoms with Gasteiger partial charge in [0.15, 0.2) is 5.78 Å². The first-order chi connectivity index (χ1) is 14.6. The molecule has 7 heteroatoms. The zero-order valence-electron chi connectivity index (χ0n) is 17.2. The maximum atomic E-state index is 12.8. The largest absolute Gasteiger partial charge is 0.497 e. The molecule has 0 aliphatic heterocycles. The van der Waals surface area contributed by atoms with Crippen molar-refractivity contribution in [1.82, 2.24) is 9.97 Å². The van der Waals surface area contributed by atoms with Gasteiger partial charge in [0.25, 0.3) is 0 Å². The van der Waals surface area contributed by atoms with Crippen molar-refractivity contribution in [3.05, 3.63) is 59.8 Å². The van der Waals surface area contributed by atoms with E-state index >= 15 is 0 Å². The maximum absolute atomic E-state index is 12.8. The van der Waals surface area contributed by atoms with Gasteiger partial charge in [0.05, 0.1) is 31.2 Å². The number of nitrogens with one attached hydrogen (secondary N) is 2. The van der Waals surface area contributed by atoms with Gasteiger partial charge in [0, 0.05) is 18.2 Å². The van der Waals surface area contributed by atoms with Crippen LogP contribution in [0.5, 0.6) is 11.5 Å². The van der Waals surface area contributed by atoms with E-state index in [9.17, 15) is 4.79 Å². The van der Waals surface area contributed by atoms with Gasteiger partial charge in [-0.15, -0.1) is 0 Å². The average molecular weight is 404 g/mol. The first kappa shape index (κ1) is 19.7. The predicted molar refractivity (Wildman–Crippen MR) is 116 cm³/mol. The molecule has 1 aromatic heterocycles. The van der Waals surface area contributed by atoms with Crippen LogP contribution in [0.1, 0.15) is 29.4 Å². The summed E-state index contributed by atoms with van der Waals surface area (Å²) in [5.74, 6) is 2.59. The number of para-hydroxylation sites is 2. The molecule has 0 saturated carbocycles. The monoisotopic (exact) mass is 404 g/mol. The summed E-state index contributed by atoms with van der Waals surface area (Å²) in [6.07, 6.45) is 1.21. The number of Topliss-reactive ketones (excluding diaryl/α,β-unsaturated/α-hetero) is 1. The van der Waals surface area contributed by atoms with E-state index in [2.05, 4.69) is 27.5 Å². The van der Waals surface area contributed by atoms with Gasteiger partial charge in [-0.1, -0.05) is 25.1 Å². The second kappa shape index (κ2) is 8.41. The van der Waals surface area contributed by atoms with Crippen LogP contribution in [0.4, 0.5) is 23.1 Å². The molecule has 0 spiro atoms. The molecule has 0 saturated heterocycles.